The van der Waals surface area contributed by atoms with Crippen molar-refractivity contribution in [2.45, 2.75) is 6.92 Å². The Morgan fingerprint density at radius 2 is 1.71 bits per heavy atom. The lowest BCUT2D eigenvalue weighted by Crippen LogP contribution is -2.27. The van der Waals surface area contributed by atoms with Gasteiger partial charge in [0.15, 0.2) is 0 Å². The number of amides is 1. The second kappa shape index (κ2) is 9.61. The highest BCUT2D eigenvalue weighted by molar-refractivity contribution is 8.26. The van der Waals surface area contributed by atoms with Gasteiger partial charge in [0, 0.05) is 12.1 Å². The average Bonchev–Trinajstić information content (AvgIpc) is 2.99. The predicted octanol–water partition coefficient (Wildman–Crippen LogP) is 4.37. The minimum atomic E-state index is -0.0601. The third-order valence-electron chi connectivity index (χ3n) is 4.06. The van der Waals surface area contributed by atoms with Crippen molar-refractivity contribution in [3.8, 4) is 17.2 Å². The molecular weight excluding hydrogens is 394 g/mol. The number of methoxy groups -OCH3 is 1. The van der Waals surface area contributed by atoms with Crippen LogP contribution in [0.25, 0.3) is 6.08 Å². The number of carbonyl (C=O) groups excluding carboxylic acids is 1. The van der Waals surface area contributed by atoms with Crippen molar-refractivity contribution in [1.82, 2.24) is 4.90 Å². The molecule has 0 spiro atoms. The third-order valence-corrected chi connectivity index (χ3v) is 5.44. The molecule has 1 aliphatic heterocycles. The third kappa shape index (κ3) is 4.85. The van der Waals surface area contributed by atoms with Crippen LogP contribution >= 0.6 is 24.0 Å². The van der Waals surface area contributed by atoms with Crippen LogP contribution < -0.4 is 14.2 Å². The lowest BCUT2D eigenvalue weighted by atomic mass is 10.2. The number of para-hydroxylation sites is 1. The fourth-order valence-electron chi connectivity index (χ4n) is 2.63. The highest BCUT2D eigenvalue weighted by Gasteiger charge is 2.30. The van der Waals surface area contributed by atoms with Crippen LogP contribution in [0.15, 0.2) is 53.4 Å². The first-order chi connectivity index (χ1) is 13.6. The van der Waals surface area contributed by atoms with Crippen LogP contribution in [0, 0.1) is 0 Å². The summed E-state index contributed by atoms with van der Waals surface area (Å²) in [6, 6.07) is 15.0. The average molecular weight is 416 g/mol. The molecule has 3 rings (SSSR count). The van der Waals surface area contributed by atoms with Crippen molar-refractivity contribution >= 4 is 40.3 Å². The summed E-state index contributed by atoms with van der Waals surface area (Å²) >= 11 is 6.58. The molecule has 0 atom stereocenters. The Bertz CT molecular complexity index is 880. The molecule has 0 radical (unpaired) electrons. The largest absolute Gasteiger partial charge is 0.497 e. The molecule has 0 saturated carbocycles. The van der Waals surface area contributed by atoms with Crippen LogP contribution in [-0.2, 0) is 4.79 Å². The fraction of sp³-hybridized carbons (Fsp3) is 0.238. The first kappa shape index (κ1) is 20.2. The summed E-state index contributed by atoms with van der Waals surface area (Å²) in [5, 5.41) is 0. The van der Waals surface area contributed by atoms with Crippen molar-refractivity contribution < 1.29 is 19.0 Å². The minimum Gasteiger partial charge on any atom is -0.497 e. The zero-order chi connectivity index (χ0) is 19.9. The number of hydrogen-bond donors (Lipinski definition) is 0. The summed E-state index contributed by atoms with van der Waals surface area (Å²) in [5.41, 5.74) is 0.837. The maximum Gasteiger partial charge on any atom is 0.266 e. The van der Waals surface area contributed by atoms with Gasteiger partial charge in [-0.15, -0.1) is 0 Å². The first-order valence-electron chi connectivity index (χ1n) is 8.86. The van der Waals surface area contributed by atoms with Crippen LogP contribution in [-0.4, -0.2) is 42.0 Å². The summed E-state index contributed by atoms with van der Waals surface area (Å²) in [4.78, 5) is 14.6. The monoisotopic (exact) mass is 415 g/mol. The maximum absolute atomic E-state index is 12.4. The normalized spacial score (nSPS) is 15.2. The van der Waals surface area contributed by atoms with E-state index in [2.05, 4.69) is 0 Å². The quantitative estimate of drug-likeness (QED) is 0.362. The SMILES string of the molecule is CCN1C(=O)/C(=C/c2ccccc2OCCOc2ccc(OC)cc2)SC1=S. The molecule has 2 aromatic rings. The van der Waals surface area contributed by atoms with E-state index in [1.807, 2.05) is 61.5 Å². The van der Waals surface area contributed by atoms with Crippen molar-refractivity contribution in [2.75, 3.05) is 26.9 Å². The number of benzene rings is 2. The van der Waals surface area contributed by atoms with Crippen molar-refractivity contribution in [3.63, 3.8) is 0 Å². The van der Waals surface area contributed by atoms with Gasteiger partial charge in [-0.05, 0) is 43.3 Å². The van der Waals surface area contributed by atoms with E-state index in [1.165, 1.54) is 11.8 Å². The van der Waals surface area contributed by atoms with Crippen molar-refractivity contribution in [2.24, 2.45) is 0 Å². The lowest BCUT2D eigenvalue weighted by Gasteiger charge is -2.11. The molecule has 28 heavy (non-hydrogen) atoms. The molecule has 1 aliphatic rings. The Labute approximate surface area is 174 Å². The number of thiocarbonyl (C=S) groups is 1. The Morgan fingerprint density at radius 1 is 1.04 bits per heavy atom. The molecule has 0 N–H and O–H groups in total. The molecule has 0 unspecified atom stereocenters. The van der Waals surface area contributed by atoms with Crippen LogP contribution in [0.3, 0.4) is 0 Å². The summed E-state index contributed by atoms with van der Waals surface area (Å²) in [5.74, 6) is 2.17. The van der Waals surface area contributed by atoms with E-state index in [1.54, 1.807) is 12.0 Å². The zero-order valence-corrected chi connectivity index (χ0v) is 17.3. The van der Waals surface area contributed by atoms with E-state index in [9.17, 15) is 4.79 Å². The molecule has 0 aromatic heterocycles. The molecule has 1 saturated heterocycles. The molecule has 0 bridgehead atoms. The molecule has 5 nitrogen and oxygen atoms in total. The van der Waals surface area contributed by atoms with E-state index >= 15 is 0 Å². The number of hydrogen-bond acceptors (Lipinski definition) is 6. The standard InChI is InChI=1S/C21H21NO4S2/c1-3-22-20(23)19(28-21(22)27)14-15-6-4-5-7-18(15)26-13-12-25-17-10-8-16(24-2)9-11-17/h4-11,14H,3,12-13H2,1-2H3/b19-14-. The van der Waals surface area contributed by atoms with Crippen molar-refractivity contribution in [1.29, 1.82) is 0 Å². The van der Waals surface area contributed by atoms with Gasteiger partial charge in [-0.2, -0.15) is 0 Å². The Balaban J connectivity index is 1.60. The highest BCUT2D eigenvalue weighted by Crippen LogP contribution is 2.34. The first-order valence-corrected chi connectivity index (χ1v) is 10.1. The molecule has 146 valence electrons. The van der Waals surface area contributed by atoms with E-state index in [0.29, 0.717) is 34.7 Å². The summed E-state index contributed by atoms with van der Waals surface area (Å²) in [6.07, 6.45) is 1.83. The van der Waals surface area contributed by atoms with Gasteiger partial charge in [0.2, 0.25) is 0 Å². The summed E-state index contributed by atoms with van der Waals surface area (Å²) in [6.45, 7) is 3.27. The number of thioether (sulfide) groups is 1. The smallest absolute Gasteiger partial charge is 0.266 e. The Morgan fingerprint density at radius 3 is 2.39 bits per heavy atom. The van der Waals surface area contributed by atoms with Gasteiger partial charge in [-0.1, -0.05) is 42.2 Å². The van der Waals surface area contributed by atoms with Crippen LogP contribution in [0.5, 0.6) is 17.2 Å². The molecule has 1 amide bonds. The van der Waals surface area contributed by atoms with Crippen LogP contribution in [0.2, 0.25) is 0 Å². The van der Waals surface area contributed by atoms with Crippen molar-refractivity contribution in [3.05, 3.63) is 59.0 Å². The van der Waals surface area contributed by atoms with Crippen LogP contribution in [0.1, 0.15) is 12.5 Å². The maximum atomic E-state index is 12.4. The van der Waals surface area contributed by atoms with Gasteiger partial charge in [-0.25, -0.2) is 0 Å². The zero-order valence-electron chi connectivity index (χ0n) is 15.7. The molecular formula is C21H21NO4S2. The van der Waals surface area contributed by atoms with Gasteiger partial charge in [0.25, 0.3) is 5.91 Å². The lowest BCUT2D eigenvalue weighted by molar-refractivity contribution is -0.121. The number of carbonyl (C=O) groups is 1. The number of likely N-dealkylation sites (N-methyl/N-ethyl adjacent to an activating group) is 1. The van der Waals surface area contributed by atoms with E-state index in [4.69, 9.17) is 26.4 Å². The molecule has 2 aromatic carbocycles. The Hall–Kier alpha value is -2.51. The van der Waals surface area contributed by atoms with Gasteiger partial charge in [0.1, 0.15) is 34.8 Å². The topological polar surface area (TPSA) is 48.0 Å². The Kier molecular flexibility index (Phi) is 6.95. The minimum absolute atomic E-state index is 0.0601. The van der Waals surface area contributed by atoms with Crippen LogP contribution in [0.4, 0.5) is 0 Å². The molecule has 7 heteroatoms. The van der Waals surface area contributed by atoms with E-state index in [0.717, 1.165) is 17.1 Å². The van der Waals surface area contributed by atoms with E-state index in [-0.39, 0.29) is 5.91 Å². The molecule has 1 heterocycles. The predicted molar refractivity (Wildman–Crippen MR) is 116 cm³/mol. The molecule has 1 fully saturated rings. The summed E-state index contributed by atoms with van der Waals surface area (Å²) in [7, 11) is 1.63. The number of nitrogens with zero attached hydrogens (tertiary/aromatic N) is 1. The van der Waals surface area contributed by atoms with E-state index < -0.39 is 0 Å². The number of ether oxygens (including phenoxy) is 3. The number of rotatable bonds is 8. The van der Waals surface area contributed by atoms with Gasteiger partial charge < -0.3 is 14.2 Å². The van der Waals surface area contributed by atoms with Gasteiger partial charge in [0.05, 0.1) is 12.0 Å². The molecule has 0 aliphatic carbocycles. The summed E-state index contributed by atoms with van der Waals surface area (Å²) < 4.78 is 17.3. The van der Waals surface area contributed by atoms with Gasteiger partial charge >= 0.3 is 0 Å². The second-order valence-electron chi connectivity index (χ2n) is 5.84. The highest BCUT2D eigenvalue weighted by atomic mass is 32.2. The fourth-order valence-corrected chi connectivity index (χ4v) is 4.00. The van der Waals surface area contributed by atoms with Gasteiger partial charge in [-0.3, -0.25) is 9.69 Å². The second-order valence-corrected chi connectivity index (χ2v) is 7.51.